The molecule has 26 heavy (non-hydrogen) atoms. The van der Waals surface area contributed by atoms with Gasteiger partial charge in [-0.2, -0.15) is 0 Å². The summed E-state index contributed by atoms with van der Waals surface area (Å²) in [6.07, 6.45) is 1.59. The van der Waals surface area contributed by atoms with E-state index in [1.54, 1.807) is 0 Å². The normalized spacial score (nSPS) is 43.2. The zero-order chi connectivity index (χ0) is 19.4. The number of rotatable bonds is 6. The van der Waals surface area contributed by atoms with Gasteiger partial charge in [-0.3, -0.25) is 0 Å². The van der Waals surface area contributed by atoms with Crippen LogP contribution < -0.4 is 0 Å². The fourth-order valence-corrected chi connectivity index (χ4v) is 5.61. The third kappa shape index (κ3) is 3.06. The van der Waals surface area contributed by atoms with Crippen molar-refractivity contribution in [2.45, 2.75) is 75.3 Å². The molecular weight excluding hydrogens is 340 g/mol. The summed E-state index contributed by atoms with van der Waals surface area (Å²) in [6, 6.07) is 0. The molecule has 2 N–H and O–H groups in total. The van der Waals surface area contributed by atoms with E-state index in [1.807, 2.05) is 13.8 Å². The standard InChI is InChI=1S/C19H28O7/c1-5-25-18-8-16(22)7-17(23,9-18)11-19(10-16,13(18)4)26-14(20)6-24-15(21)12(2)3/h13,22-23H,2,5-11H2,1,3-4H3. The van der Waals surface area contributed by atoms with Gasteiger partial charge in [0, 0.05) is 50.2 Å². The van der Waals surface area contributed by atoms with Gasteiger partial charge in [0.05, 0.1) is 16.8 Å². The second-order valence-electron chi connectivity index (χ2n) is 8.45. The van der Waals surface area contributed by atoms with E-state index in [2.05, 4.69) is 6.58 Å². The van der Waals surface area contributed by atoms with Crippen molar-refractivity contribution in [2.24, 2.45) is 5.92 Å². The van der Waals surface area contributed by atoms with Crippen LogP contribution in [-0.2, 0) is 23.8 Å². The van der Waals surface area contributed by atoms with Crippen LogP contribution in [0.2, 0.25) is 0 Å². The second kappa shape index (κ2) is 6.04. The van der Waals surface area contributed by atoms with Crippen LogP contribution in [0.3, 0.4) is 0 Å². The van der Waals surface area contributed by atoms with E-state index in [0.717, 1.165) is 0 Å². The number of carbonyl (C=O) groups is 2. The molecule has 3 atom stereocenters. The molecule has 4 fully saturated rings. The maximum atomic E-state index is 12.3. The summed E-state index contributed by atoms with van der Waals surface area (Å²) >= 11 is 0. The molecule has 4 bridgehead atoms. The molecule has 7 heteroatoms. The topological polar surface area (TPSA) is 102 Å². The highest BCUT2D eigenvalue weighted by molar-refractivity contribution is 5.88. The molecule has 0 saturated heterocycles. The van der Waals surface area contributed by atoms with Crippen molar-refractivity contribution in [2.75, 3.05) is 13.2 Å². The van der Waals surface area contributed by atoms with Gasteiger partial charge in [0.25, 0.3) is 0 Å². The minimum absolute atomic E-state index is 0.194. The van der Waals surface area contributed by atoms with Gasteiger partial charge in [-0.1, -0.05) is 13.5 Å². The lowest BCUT2D eigenvalue weighted by atomic mass is 9.44. The smallest absolute Gasteiger partial charge is 0.344 e. The van der Waals surface area contributed by atoms with Crippen molar-refractivity contribution >= 4 is 11.9 Å². The minimum Gasteiger partial charge on any atom is -0.456 e. The zero-order valence-corrected chi connectivity index (χ0v) is 15.7. The Morgan fingerprint density at radius 3 is 2.12 bits per heavy atom. The summed E-state index contributed by atoms with van der Waals surface area (Å²) in [5.74, 6) is -1.56. The van der Waals surface area contributed by atoms with Gasteiger partial charge < -0.3 is 24.4 Å². The largest absolute Gasteiger partial charge is 0.456 e. The van der Waals surface area contributed by atoms with Gasteiger partial charge in [0.2, 0.25) is 0 Å². The predicted molar refractivity (Wildman–Crippen MR) is 91.1 cm³/mol. The van der Waals surface area contributed by atoms with Gasteiger partial charge in [0.15, 0.2) is 6.61 Å². The van der Waals surface area contributed by atoms with Crippen LogP contribution in [0.5, 0.6) is 0 Å². The van der Waals surface area contributed by atoms with Crippen LogP contribution in [-0.4, -0.2) is 57.8 Å². The molecular formula is C19H28O7. The lowest BCUT2D eigenvalue weighted by Crippen LogP contribution is -2.77. The summed E-state index contributed by atoms with van der Waals surface area (Å²) in [5, 5.41) is 22.0. The number of hydrogen-bond donors (Lipinski definition) is 2. The third-order valence-corrected chi connectivity index (χ3v) is 6.17. The third-order valence-electron chi connectivity index (χ3n) is 6.17. The summed E-state index contributed by atoms with van der Waals surface area (Å²) in [7, 11) is 0. The van der Waals surface area contributed by atoms with E-state index in [1.165, 1.54) is 6.92 Å². The van der Waals surface area contributed by atoms with Gasteiger partial charge in [-0.05, 0) is 13.8 Å². The number of ether oxygens (including phenoxy) is 3. The van der Waals surface area contributed by atoms with E-state index >= 15 is 0 Å². The Kier molecular flexibility index (Phi) is 4.49. The molecule has 0 amide bonds. The van der Waals surface area contributed by atoms with Crippen molar-refractivity contribution < 1.29 is 34.0 Å². The van der Waals surface area contributed by atoms with Crippen molar-refractivity contribution in [3.63, 3.8) is 0 Å². The lowest BCUT2D eigenvalue weighted by molar-refractivity contribution is -0.335. The van der Waals surface area contributed by atoms with Crippen LogP contribution in [0.1, 0.15) is 52.9 Å². The minimum atomic E-state index is -1.14. The average Bonchev–Trinajstić information content (AvgIpc) is 2.47. The summed E-state index contributed by atoms with van der Waals surface area (Å²) < 4.78 is 16.6. The van der Waals surface area contributed by atoms with E-state index in [4.69, 9.17) is 14.2 Å². The maximum absolute atomic E-state index is 12.3. The number of esters is 2. The van der Waals surface area contributed by atoms with E-state index in [0.29, 0.717) is 19.4 Å². The molecule has 4 rings (SSSR count). The monoisotopic (exact) mass is 368 g/mol. The molecule has 0 heterocycles. The molecule has 0 spiro atoms. The summed E-state index contributed by atoms with van der Waals surface area (Å²) in [6.45, 7) is 8.68. The molecule has 7 nitrogen and oxygen atoms in total. The Bertz CT molecular complexity index is 622. The van der Waals surface area contributed by atoms with Crippen molar-refractivity contribution in [1.29, 1.82) is 0 Å². The molecule has 3 unspecified atom stereocenters. The Labute approximate surface area is 153 Å². The quantitative estimate of drug-likeness (QED) is 0.537. The Morgan fingerprint density at radius 2 is 1.62 bits per heavy atom. The molecule has 0 aromatic carbocycles. The zero-order valence-electron chi connectivity index (χ0n) is 15.7. The Morgan fingerprint density at radius 1 is 1.08 bits per heavy atom. The van der Waals surface area contributed by atoms with Gasteiger partial charge >= 0.3 is 11.9 Å². The highest BCUT2D eigenvalue weighted by Gasteiger charge is 2.73. The van der Waals surface area contributed by atoms with Crippen LogP contribution in [0.25, 0.3) is 0 Å². The summed E-state index contributed by atoms with van der Waals surface area (Å²) in [4.78, 5) is 23.8. The lowest BCUT2D eigenvalue weighted by Gasteiger charge is -2.69. The van der Waals surface area contributed by atoms with Crippen molar-refractivity contribution in [3.8, 4) is 0 Å². The van der Waals surface area contributed by atoms with Crippen LogP contribution in [0.4, 0.5) is 0 Å². The molecule has 4 saturated carbocycles. The molecule has 4 aliphatic carbocycles. The molecule has 4 aliphatic rings. The van der Waals surface area contributed by atoms with E-state index in [9.17, 15) is 19.8 Å². The highest BCUT2D eigenvalue weighted by Crippen LogP contribution is 2.65. The SMILES string of the molecule is C=C(C)C(=O)OCC(=O)OC12CC3(O)CC(O)(CC(OCC)(C3)C1C)C2. The first-order valence-electron chi connectivity index (χ1n) is 9.10. The van der Waals surface area contributed by atoms with Gasteiger partial charge in [-0.25, -0.2) is 9.59 Å². The summed E-state index contributed by atoms with van der Waals surface area (Å²) in [5.41, 5.74) is -3.86. The first kappa shape index (κ1) is 19.3. The highest BCUT2D eigenvalue weighted by atomic mass is 16.6. The molecule has 0 aliphatic heterocycles. The Hall–Kier alpha value is -1.44. The number of aliphatic hydroxyl groups is 2. The van der Waals surface area contributed by atoms with Crippen molar-refractivity contribution in [3.05, 3.63) is 12.2 Å². The van der Waals surface area contributed by atoms with Crippen molar-refractivity contribution in [1.82, 2.24) is 0 Å². The first-order chi connectivity index (χ1) is 12.0. The molecule has 0 aromatic heterocycles. The average molecular weight is 368 g/mol. The number of carbonyl (C=O) groups excluding carboxylic acids is 2. The molecule has 0 aromatic rings. The first-order valence-corrected chi connectivity index (χ1v) is 9.10. The van der Waals surface area contributed by atoms with Crippen LogP contribution in [0, 0.1) is 5.92 Å². The molecule has 146 valence electrons. The van der Waals surface area contributed by atoms with Crippen LogP contribution >= 0.6 is 0 Å². The fourth-order valence-electron chi connectivity index (χ4n) is 5.61. The van der Waals surface area contributed by atoms with Crippen LogP contribution in [0.15, 0.2) is 12.2 Å². The fraction of sp³-hybridized carbons (Fsp3) is 0.789. The predicted octanol–water partition coefficient (Wildman–Crippen LogP) is 1.25. The second-order valence-corrected chi connectivity index (χ2v) is 8.45. The van der Waals surface area contributed by atoms with E-state index < -0.39 is 40.9 Å². The molecule has 0 radical (unpaired) electrons. The van der Waals surface area contributed by atoms with Gasteiger partial charge in [-0.15, -0.1) is 0 Å². The van der Waals surface area contributed by atoms with E-state index in [-0.39, 0.29) is 30.8 Å². The number of hydrogen-bond acceptors (Lipinski definition) is 7. The maximum Gasteiger partial charge on any atom is 0.344 e. The van der Waals surface area contributed by atoms with Gasteiger partial charge in [0.1, 0.15) is 5.60 Å². The Balaban J connectivity index is 1.82.